The summed E-state index contributed by atoms with van der Waals surface area (Å²) >= 11 is 0. The average Bonchev–Trinajstić information content (AvgIpc) is 2.92. The van der Waals surface area contributed by atoms with Crippen LogP contribution in [0.2, 0.25) is 0 Å². The highest BCUT2D eigenvalue weighted by atomic mass is 32.2. The predicted octanol–water partition coefficient (Wildman–Crippen LogP) is 1.40. The van der Waals surface area contributed by atoms with Gasteiger partial charge in [0.05, 0.1) is 19.0 Å². The lowest BCUT2D eigenvalue weighted by atomic mass is 9.90. The number of benzene rings is 1. The fraction of sp³-hybridized carbons (Fsp3) is 0.538. The molecule has 0 bridgehead atoms. The zero-order valence-electron chi connectivity index (χ0n) is 22.8. The number of aromatic nitrogens is 2. The van der Waals surface area contributed by atoms with Crippen molar-refractivity contribution >= 4 is 39.5 Å². The lowest BCUT2D eigenvalue weighted by molar-refractivity contribution is -0.113. The number of hydrazine groups is 1. The highest BCUT2D eigenvalue weighted by molar-refractivity contribution is 7.88. The maximum Gasteiger partial charge on any atom is 0.271 e. The number of hydrogen-bond donors (Lipinski definition) is 2. The quantitative estimate of drug-likeness (QED) is 0.324. The molecule has 0 saturated carbocycles. The number of likely N-dealkylation sites (N-methyl/N-ethyl adjacent to an activating group) is 2. The second-order valence-electron chi connectivity index (χ2n) is 10.3. The predicted molar refractivity (Wildman–Crippen MR) is 150 cm³/mol. The summed E-state index contributed by atoms with van der Waals surface area (Å²) < 4.78 is 25.1. The zero-order valence-corrected chi connectivity index (χ0v) is 23.6. The summed E-state index contributed by atoms with van der Waals surface area (Å²) in [5, 5.41) is 7.19. The molecule has 39 heavy (non-hydrogen) atoms. The van der Waals surface area contributed by atoms with Crippen LogP contribution in [0.15, 0.2) is 30.5 Å². The van der Waals surface area contributed by atoms with Gasteiger partial charge in [-0.05, 0) is 49.3 Å². The van der Waals surface area contributed by atoms with Crippen LogP contribution < -0.4 is 16.0 Å². The molecule has 212 valence electrons. The Morgan fingerprint density at radius 3 is 2.46 bits per heavy atom. The molecular formula is C26H38N8O4S. The molecule has 4 rings (SSSR count). The van der Waals surface area contributed by atoms with Crippen LogP contribution in [-0.2, 0) is 14.8 Å². The van der Waals surface area contributed by atoms with E-state index < -0.39 is 15.9 Å². The number of nitrogens with one attached hydrogen (secondary N) is 1. The Labute approximate surface area is 230 Å². The summed E-state index contributed by atoms with van der Waals surface area (Å²) in [5.74, 6) is 0.560. The van der Waals surface area contributed by atoms with Crippen LogP contribution in [0, 0.1) is 0 Å². The zero-order chi connectivity index (χ0) is 28.2. The number of primary amides is 1. The van der Waals surface area contributed by atoms with Crippen LogP contribution in [0.3, 0.4) is 0 Å². The molecule has 2 aromatic rings. The van der Waals surface area contributed by atoms with E-state index in [4.69, 9.17) is 10.7 Å². The molecule has 2 fully saturated rings. The topological polar surface area (TPSA) is 145 Å². The van der Waals surface area contributed by atoms with E-state index in [1.54, 1.807) is 6.20 Å². The van der Waals surface area contributed by atoms with E-state index in [0.29, 0.717) is 37.8 Å². The lowest BCUT2D eigenvalue weighted by Gasteiger charge is -2.41. The first-order valence-electron chi connectivity index (χ1n) is 13.2. The third-order valence-corrected chi connectivity index (χ3v) is 8.99. The fourth-order valence-corrected chi connectivity index (χ4v) is 6.15. The summed E-state index contributed by atoms with van der Waals surface area (Å²) in [6, 6.07) is 8.09. The Morgan fingerprint density at radius 2 is 1.85 bits per heavy atom. The normalized spacial score (nSPS) is 19.4. The van der Waals surface area contributed by atoms with Gasteiger partial charge in [-0.3, -0.25) is 4.79 Å². The standard InChI is InChI=1S/C26H38N8O4S/c1-31(15-16-35)32(2)22-5-4-12-33(18-22)23-17-28-24(25(27)36)26(30-23)29-21-8-6-19(7-9-21)20-10-13-34(14-11-20)39(3,37)38/h6-9,16-17,20,22H,4-5,10-15,18H2,1-3H3,(H2,27,36)(H,29,30)/t22-/m1/s1. The van der Waals surface area contributed by atoms with E-state index in [2.05, 4.69) is 20.2 Å². The van der Waals surface area contributed by atoms with E-state index >= 15 is 0 Å². The van der Waals surface area contributed by atoms with Gasteiger partial charge in [-0.2, -0.15) is 0 Å². The van der Waals surface area contributed by atoms with Crippen LogP contribution in [0.1, 0.15) is 47.7 Å². The molecule has 2 aliphatic heterocycles. The van der Waals surface area contributed by atoms with Gasteiger partial charge in [0, 0.05) is 52.0 Å². The molecule has 3 N–H and O–H groups in total. The number of carbonyl (C=O) groups is 2. The van der Waals surface area contributed by atoms with Crippen molar-refractivity contribution in [3.05, 3.63) is 41.7 Å². The number of rotatable bonds is 10. The Hall–Kier alpha value is -3.13. The van der Waals surface area contributed by atoms with Gasteiger partial charge in [-0.15, -0.1) is 0 Å². The maximum atomic E-state index is 12.1. The van der Waals surface area contributed by atoms with Crippen molar-refractivity contribution in [2.45, 2.75) is 37.6 Å². The highest BCUT2D eigenvalue weighted by Crippen LogP contribution is 2.31. The van der Waals surface area contributed by atoms with Gasteiger partial charge in [-0.1, -0.05) is 12.1 Å². The number of nitrogens with two attached hydrogens (primary N) is 1. The third-order valence-electron chi connectivity index (χ3n) is 7.69. The summed E-state index contributed by atoms with van der Waals surface area (Å²) in [6.07, 6.45) is 7.21. The van der Waals surface area contributed by atoms with Crippen molar-refractivity contribution in [1.82, 2.24) is 24.3 Å². The summed E-state index contributed by atoms with van der Waals surface area (Å²) in [5.41, 5.74) is 7.55. The van der Waals surface area contributed by atoms with Crippen molar-refractivity contribution in [3.8, 4) is 0 Å². The molecule has 2 aliphatic rings. The molecule has 1 aromatic carbocycles. The first-order chi connectivity index (χ1) is 18.6. The fourth-order valence-electron chi connectivity index (χ4n) is 5.28. The molecular weight excluding hydrogens is 520 g/mol. The average molecular weight is 559 g/mol. The molecule has 13 heteroatoms. The molecule has 12 nitrogen and oxygen atoms in total. The molecule has 0 radical (unpaired) electrons. The van der Waals surface area contributed by atoms with Crippen molar-refractivity contribution in [2.24, 2.45) is 5.73 Å². The van der Waals surface area contributed by atoms with E-state index in [9.17, 15) is 18.0 Å². The van der Waals surface area contributed by atoms with Crippen molar-refractivity contribution in [1.29, 1.82) is 0 Å². The summed E-state index contributed by atoms with van der Waals surface area (Å²) in [4.78, 5) is 34.3. The van der Waals surface area contributed by atoms with Gasteiger partial charge in [0.2, 0.25) is 10.0 Å². The Bertz CT molecular complexity index is 1270. The minimum Gasteiger partial charge on any atom is -0.364 e. The van der Waals surface area contributed by atoms with Crippen molar-refractivity contribution in [2.75, 3.05) is 63.3 Å². The minimum absolute atomic E-state index is 0.0624. The smallest absolute Gasteiger partial charge is 0.271 e. The van der Waals surface area contributed by atoms with Gasteiger partial charge in [-0.25, -0.2) is 32.7 Å². The number of amides is 1. The van der Waals surface area contributed by atoms with Crippen LogP contribution in [0.5, 0.6) is 0 Å². The molecule has 1 amide bonds. The second kappa shape index (κ2) is 12.4. The number of nitrogens with zero attached hydrogens (tertiary/aromatic N) is 6. The Kier molecular flexibility index (Phi) is 9.15. The first-order valence-corrected chi connectivity index (χ1v) is 15.0. The Morgan fingerprint density at radius 1 is 1.15 bits per heavy atom. The van der Waals surface area contributed by atoms with Crippen LogP contribution in [0.4, 0.5) is 17.3 Å². The van der Waals surface area contributed by atoms with Crippen LogP contribution in [-0.4, -0.2) is 104 Å². The lowest BCUT2D eigenvalue weighted by Crippen LogP contribution is -2.52. The largest absolute Gasteiger partial charge is 0.364 e. The third kappa shape index (κ3) is 7.10. The number of carbonyl (C=O) groups excluding carboxylic acids is 2. The maximum absolute atomic E-state index is 12.1. The van der Waals surface area contributed by atoms with Gasteiger partial charge in [0.25, 0.3) is 5.91 Å². The summed E-state index contributed by atoms with van der Waals surface area (Å²) in [6.45, 7) is 2.88. The SMILES string of the molecule is CN(CC=O)N(C)[C@@H]1CCCN(c2cnc(C(N)=O)c(Nc3ccc(C4CCN(S(C)(=O)=O)CC4)cc3)n2)C1. The highest BCUT2D eigenvalue weighted by Gasteiger charge is 2.28. The van der Waals surface area contributed by atoms with Gasteiger partial charge < -0.3 is 20.7 Å². The molecule has 0 unspecified atom stereocenters. The first kappa shape index (κ1) is 28.9. The molecule has 1 aromatic heterocycles. The summed E-state index contributed by atoms with van der Waals surface area (Å²) in [7, 11) is 0.709. The van der Waals surface area contributed by atoms with E-state index in [-0.39, 0.29) is 17.7 Å². The number of hydrogen-bond acceptors (Lipinski definition) is 10. The molecule has 2 saturated heterocycles. The molecule has 1 atom stereocenters. The molecule has 0 aliphatic carbocycles. The van der Waals surface area contributed by atoms with Crippen molar-refractivity contribution < 1.29 is 18.0 Å². The second-order valence-corrected chi connectivity index (χ2v) is 12.3. The van der Waals surface area contributed by atoms with Gasteiger partial charge in [0.1, 0.15) is 12.1 Å². The number of anilines is 3. The monoisotopic (exact) mass is 558 g/mol. The number of aldehydes is 1. The minimum atomic E-state index is -3.16. The van der Waals surface area contributed by atoms with E-state index in [0.717, 1.165) is 49.8 Å². The number of piperidine rings is 2. The van der Waals surface area contributed by atoms with Gasteiger partial charge >= 0.3 is 0 Å². The van der Waals surface area contributed by atoms with Crippen LogP contribution in [0.25, 0.3) is 0 Å². The Balaban J connectivity index is 1.47. The van der Waals surface area contributed by atoms with Crippen molar-refractivity contribution in [3.63, 3.8) is 0 Å². The van der Waals surface area contributed by atoms with Gasteiger partial charge in [0.15, 0.2) is 11.5 Å². The van der Waals surface area contributed by atoms with E-state index in [1.807, 2.05) is 43.4 Å². The molecule has 0 spiro atoms. The van der Waals surface area contributed by atoms with E-state index in [1.165, 1.54) is 10.6 Å². The number of sulfonamides is 1. The van der Waals surface area contributed by atoms with Crippen LogP contribution >= 0.6 is 0 Å². The molecule has 3 heterocycles.